The Labute approximate surface area is 138 Å². The summed E-state index contributed by atoms with van der Waals surface area (Å²) in [6.07, 6.45) is -4.08. The fraction of sp³-hybridized carbons (Fsp3) is 0.333. The van der Waals surface area contributed by atoms with Gasteiger partial charge in [-0.15, -0.1) is 13.2 Å². The predicted molar refractivity (Wildman–Crippen MR) is 76.9 cm³/mol. The number of ether oxygens (including phenoxy) is 1. The number of hydrogen-bond acceptors (Lipinski definition) is 6. The van der Waals surface area contributed by atoms with Crippen LogP contribution in [-0.4, -0.2) is 17.4 Å². The zero-order chi connectivity index (χ0) is 17.8. The number of nitro groups is 1. The summed E-state index contributed by atoms with van der Waals surface area (Å²) in [5.74, 6) is -0.289. The van der Waals surface area contributed by atoms with E-state index in [1.54, 1.807) is 0 Å². The molecule has 25 heavy (non-hydrogen) atoms. The van der Waals surface area contributed by atoms with Crippen LogP contribution in [0.15, 0.2) is 34.7 Å². The number of halogens is 3. The summed E-state index contributed by atoms with van der Waals surface area (Å²) >= 11 is 0. The zero-order valence-corrected chi connectivity index (χ0v) is 12.5. The average molecular weight is 356 g/mol. The normalized spacial score (nSPS) is 22.0. The van der Waals surface area contributed by atoms with E-state index in [1.165, 1.54) is 35.4 Å². The van der Waals surface area contributed by atoms with Crippen molar-refractivity contribution in [3.8, 4) is 5.75 Å². The molecule has 2 bridgehead atoms. The molecule has 2 aromatic rings. The fourth-order valence-corrected chi connectivity index (χ4v) is 3.20. The maximum absolute atomic E-state index is 12.4. The van der Waals surface area contributed by atoms with Crippen molar-refractivity contribution in [2.45, 2.75) is 31.3 Å². The standard InChI is InChI=1S/C15H11F3N2O5/c16-15(17,18)24-9-1-2-11-8(5-9)6-10-7-12(19(11)25-10)13-3-4-14(23-13)20(21)22/h1-5,10,12H,6-7H2/t10-,12+/m1/s1. The van der Waals surface area contributed by atoms with E-state index in [4.69, 9.17) is 9.25 Å². The molecule has 10 heteroatoms. The number of benzene rings is 1. The van der Waals surface area contributed by atoms with Crippen LogP contribution in [0.1, 0.15) is 23.8 Å². The highest BCUT2D eigenvalue weighted by Crippen LogP contribution is 2.46. The van der Waals surface area contributed by atoms with Crippen molar-refractivity contribution in [2.75, 3.05) is 5.06 Å². The number of hydroxylamine groups is 1. The first-order valence-corrected chi connectivity index (χ1v) is 7.39. The Morgan fingerprint density at radius 3 is 2.76 bits per heavy atom. The van der Waals surface area contributed by atoms with Crippen molar-refractivity contribution >= 4 is 11.6 Å². The highest BCUT2D eigenvalue weighted by atomic mass is 19.4. The molecule has 0 aliphatic carbocycles. The molecule has 0 N–H and O–H groups in total. The van der Waals surface area contributed by atoms with Crippen LogP contribution in [0.3, 0.4) is 0 Å². The number of alkyl halides is 3. The Hall–Kier alpha value is -2.75. The molecule has 0 amide bonds. The van der Waals surface area contributed by atoms with Crippen molar-refractivity contribution in [1.29, 1.82) is 0 Å². The van der Waals surface area contributed by atoms with Gasteiger partial charge in [0.05, 0.1) is 17.9 Å². The molecule has 0 radical (unpaired) electrons. The maximum Gasteiger partial charge on any atom is 0.573 e. The van der Waals surface area contributed by atoms with Crippen LogP contribution < -0.4 is 9.80 Å². The van der Waals surface area contributed by atoms with Gasteiger partial charge in [0, 0.05) is 12.8 Å². The quantitative estimate of drug-likeness (QED) is 0.613. The molecule has 1 fully saturated rings. The lowest BCUT2D eigenvalue weighted by atomic mass is 10.0. The molecule has 3 heterocycles. The molecule has 0 saturated carbocycles. The van der Waals surface area contributed by atoms with Crippen molar-refractivity contribution in [3.05, 3.63) is 51.8 Å². The van der Waals surface area contributed by atoms with E-state index in [2.05, 4.69) is 4.74 Å². The van der Waals surface area contributed by atoms with Gasteiger partial charge in [-0.3, -0.25) is 15.0 Å². The molecule has 0 spiro atoms. The smallest absolute Gasteiger partial charge is 0.406 e. The summed E-state index contributed by atoms with van der Waals surface area (Å²) in [6, 6.07) is 6.40. The molecule has 0 unspecified atom stereocenters. The highest BCUT2D eigenvalue weighted by Gasteiger charge is 2.42. The van der Waals surface area contributed by atoms with Crippen LogP contribution in [0.5, 0.6) is 5.75 Å². The minimum absolute atomic E-state index is 0.247. The molecule has 2 aliphatic rings. The summed E-state index contributed by atoms with van der Waals surface area (Å²) in [7, 11) is 0. The minimum Gasteiger partial charge on any atom is -0.406 e. The number of fused-ring (bicyclic) bond motifs is 4. The molecule has 1 aromatic carbocycles. The van der Waals surface area contributed by atoms with E-state index >= 15 is 0 Å². The first-order chi connectivity index (χ1) is 11.8. The van der Waals surface area contributed by atoms with Crippen LogP contribution in [0, 0.1) is 10.1 Å². The fourth-order valence-electron chi connectivity index (χ4n) is 3.20. The monoisotopic (exact) mass is 356 g/mol. The van der Waals surface area contributed by atoms with Gasteiger partial charge in [0.2, 0.25) is 0 Å². The lowest BCUT2D eigenvalue weighted by molar-refractivity contribution is -0.402. The minimum atomic E-state index is -4.76. The van der Waals surface area contributed by atoms with E-state index in [0.29, 0.717) is 29.9 Å². The van der Waals surface area contributed by atoms with E-state index in [0.717, 1.165) is 0 Å². The molecule has 1 aromatic heterocycles. The number of rotatable bonds is 3. The first kappa shape index (κ1) is 15.8. The second-order valence-corrected chi connectivity index (χ2v) is 5.78. The van der Waals surface area contributed by atoms with Crippen molar-refractivity contribution in [2.24, 2.45) is 0 Å². The summed E-state index contributed by atoms with van der Waals surface area (Å²) in [6.45, 7) is 0. The van der Waals surface area contributed by atoms with Crippen LogP contribution in [0.2, 0.25) is 0 Å². The van der Waals surface area contributed by atoms with Gasteiger partial charge in [-0.25, -0.2) is 5.06 Å². The molecule has 132 valence electrons. The van der Waals surface area contributed by atoms with E-state index < -0.39 is 11.3 Å². The summed E-state index contributed by atoms with van der Waals surface area (Å²) in [5.41, 5.74) is 1.24. The summed E-state index contributed by atoms with van der Waals surface area (Å²) in [5, 5.41) is 12.3. The highest BCUT2D eigenvalue weighted by molar-refractivity contribution is 5.58. The molecule has 4 rings (SSSR count). The second kappa shape index (κ2) is 5.38. The Bertz CT molecular complexity index is 835. The Balaban J connectivity index is 1.64. The third kappa shape index (κ3) is 2.88. The van der Waals surface area contributed by atoms with Crippen molar-refractivity contribution in [1.82, 2.24) is 0 Å². The van der Waals surface area contributed by atoms with E-state index in [1.807, 2.05) is 0 Å². The van der Waals surface area contributed by atoms with Gasteiger partial charge < -0.3 is 9.15 Å². The Morgan fingerprint density at radius 1 is 1.28 bits per heavy atom. The Kier molecular flexibility index (Phi) is 3.39. The maximum atomic E-state index is 12.4. The number of nitrogens with zero attached hydrogens (tertiary/aromatic N) is 2. The molecule has 2 atom stereocenters. The van der Waals surface area contributed by atoms with Crippen LogP contribution >= 0.6 is 0 Å². The number of anilines is 1. The van der Waals surface area contributed by atoms with Crippen molar-refractivity contribution < 1.29 is 32.1 Å². The molecule has 1 saturated heterocycles. The predicted octanol–water partition coefficient (Wildman–Crippen LogP) is 3.89. The molecule has 7 nitrogen and oxygen atoms in total. The van der Waals surface area contributed by atoms with Crippen molar-refractivity contribution in [3.63, 3.8) is 0 Å². The number of furan rings is 1. The topological polar surface area (TPSA) is 78.0 Å². The molecular weight excluding hydrogens is 345 g/mol. The van der Waals surface area contributed by atoms with Crippen LogP contribution in [0.25, 0.3) is 0 Å². The molecular formula is C15H11F3N2O5. The molecule has 2 aliphatic heterocycles. The van der Waals surface area contributed by atoms with Gasteiger partial charge in [0.15, 0.2) is 0 Å². The largest absolute Gasteiger partial charge is 0.573 e. The van der Waals surface area contributed by atoms with Crippen LogP contribution in [-0.2, 0) is 11.3 Å². The lowest BCUT2D eigenvalue weighted by Crippen LogP contribution is -2.27. The van der Waals surface area contributed by atoms with Gasteiger partial charge in [-0.05, 0) is 29.8 Å². The van der Waals surface area contributed by atoms with Gasteiger partial charge in [0.25, 0.3) is 0 Å². The third-order valence-corrected chi connectivity index (χ3v) is 4.12. The lowest BCUT2D eigenvalue weighted by Gasteiger charge is -2.29. The van der Waals surface area contributed by atoms with E-state index in [9.17, 15) is 23.3 Å². The summed E-state index contributed by atoms with van der Waals surface area (Å²) in [4.78, 5) is 15.9. The number of hydrogen-bond donors (Lipinski definition) is 0. The second-order valence-electron chi connectivity index (χ2n) is 5.78. The third-order valence-electron chi connectivity index (χ3n) is 4.12. The zero-order valence-electron chi connectivity index (χ0n) is 12.5. The first-order valence-electron chi connectivity index (χ1n) is 7.39. The van der Waals surface area contributed by atoms with Gasteiger partial charge >= 0.3 is 12.2 Å². The Morgan fingerprint density at radius 2 is 2.08 bits per heavy atom. The van der Waals surface area contributed by atoms with Gasteiger partial charge in [-0.2, -0.15) is 0 Å². The SMILES string of the molecule is O=[N+]([O-])c1ccc([C@@H]2C[C@H]3Cc4cc(OC(F)(F)F)ccc4N2O3)o1. The van der Waals surface area contributed by atoms with Gasteiger partial charge in [0.1, 0.15) is 22.5 Å². The average Bonchev–Trinajstić information content (AvgIpc) is 3.11. The van der Waals surface area contributed by atoms with Gasteiger partial charge in [-0.1, -0.05) is 0 Å². The summed E-state index contributed by atoms with van der Waals surface area (Å²) < 4.78 is 46.3. The van der Waals surface area contributed by atoms with Crippen LogP contribution in [0.4, 0.5) is 24.7 Å². The van der Waals surface area contributed by atoms with E-state index in [-0.39, 0.29) is 23.8 Å².